The van der Waals surface area contributed by atoms with Gasteiger partial charge in [0.05, 0.1) is 0 Å². The zero-order valence-corrected chi connectivity index (χ0v) is 19.4. The van der Waals surface area contributed by atoms with E-state index in [4.69, 9.17) is 50.5 Å². The maximum absolute atomic E-state index is 5.03. The van der Waals surface area contributed by atoms with Crippen molar-refractivity contribution in [2.24, 2.45) is 0 Å². The van der Waals surface area contributed by atoms with Gasteiger partial charge in [0.15, 0.2) is 0 Å². The van der Waals surface area contributed by atoms with Crippen molar-refractivity contribution in [2.45, 2.75) is 9.79 Å². The Labute approximate surface area is 191 Å². The van der Waals surface area contributed by atoms with Gasteiger partial charge in [-0.1, -0.05) is 24.3 Å². The second-order valence-electron chi connectivity index (χ2n) is 4.42. The smallest absolute Gasteiger partial charge is 0.00695 e. The normalized spacial score (nSPS) is 11.1. The second kappa shape index (κ2) is 14.1. The third-order valence-electron chi connectivity index (χ3n) is 2.96. The van der Waals surface area contributed by atoms with Crippen LogP contribution in [0, 0.1) is 0 Å². The van der Waals surface area contributed by atoms with Gasteiger partial charge in [0.25, 0.3) is 0 Å². The van der Waals surface area contributed by atoms with Gasteiger partial charge in [-0.2, -0.15) is 9.81 Å². The first kappa shape index (κ1) is 25.0. The summed E-state index contributed by atoms with van der Waals surface area (Å²) in [5, 5.41) is 3.06. The second-order valence-corrected chi connectivity index (χ2v) is 7.53. The van der Waals surface area contributed by atoms with E-state index >= 15 is 0 Å². The van der Waals surface area contributed by atoms with Crippen molar-refractivity contribution in [1.29, 1.82) is 0 Å². The monoisotopic (exact) mass is 482 g/mol. The third-order valence-corrected chi connectivity index (χ3v) is 5.93. The van der Waals surface area contributed by atoms with Gasteiger partial charge in [-0.25, -0.2) is 10.8 Å². The molecule has 0 fully saturated rings. The van der Waals surface area contributed by atoms with Crippen LogP contribution in [-0.2, 0) is 67.0 Å². The Bertz CT molecular complexity index is 616. The third kappa shape index (κ3) is 8.96. The first-order valence-corrected chi connectivity index (χ1v) is 11.0. The minimum Gasteiger partial charge on any atom is -0.789 e. The van der Waals surface area contributed by atoms with Crippen LogP contribution in [0.5, 0.6) is 0 Å². The van der Waals surface area contributed by atoms with Crippen molar-refractivity contribution in [2.75, 3.05) is 12.5 Å². The van der Waals surface area contributed by atoms with Crippen LogP contribution < -0.4 is 0 Å². The Morgan fingerprint density at radius 3 is 1.16 bits per heavy atom. The predicted octanol–water partition coefficient (Wildman–Crippen LogP) is 5.60. The van der Waals surface area contributed by atoms with Crippen molar-refractivity contribution in [1.82, 2.24) is 0 Å². The minimum absolute atomic E-state index is 0. The van der Waals surface area contributed by atoms with E-state index in [0.29, 0.717) is 0 Å². The molecule has 0 nitrogen and oxygen atoms in total. The van der Waals surface area contributed by atoms with Crippen LogP contribution in [0.4, 0.5) is 0 Å². The summed E-state index contributed by atoms with van der Waals surface area (Å²) in [4.78, 5) is 3.95. The largest absolute Gasteiger partial charge is 0.789 e. The number of hydrogen-bond donors (Lipinski definition) is 0. The van der Waals surface area contributed by atoms with E-state index in [1.807, 2.05) is 61.0 Å². The molecule has 0 aliphatic rings. The molecule has 2 aromatic rings. The molecule has 0 aliphatic heterocycles. The van der Waals surface area contributed by atoms with Gasteiger partial charge in [0, 0.05) is 26.3 Å². The fourth-order valence-corrected chi connectivity index (χ4v) is 3.01. The van der Waals surface area contributed by atoms with Gasteiger partial charge in [0.1, 0.15) is 0 Å². The van der Waals surface area contributed by atoms with Gasteiger partial charge >= 0.3 is 0 Å². The summed E-state index contributed by atoms with van der Waals surface area (Å²) in [5.74, 6) is 0. The standard InChI is InChI=1S/2C9H10S3.Ni/c2*1-12-8-4-2-7(3-5-8)9(11)6-10;/h2*2-6,10-11H,1H3;/p-4/b2*9-6-;. The summed E-state index contributed by atoms with van der Waals surface area (Å²) in [6.07, 6.45) is 4.10. The summed E-state index contributed by atoms with van der Waals surface area (Å²) >= 11 is 23.0. The minimum atomic E-state index is 0. The Kier molecular flexibility index (Phi) is 14.1. The summed E-state index contributed by atoms with van der Waals surface area (Å²) in [5.41, 5.74) is 2.05. The van der Waals surface area contributed by atoms with Crippen molar-refractivity contribution >= 4 is 83.8 Å². The van der Waals surface area contributed by atoms with E-state index in [1.54, 1.807) is 23.5 Å². The van der Waals surface area contributed by atoms with E-state index in [-0.39, 0.29) is 16.5 Å². The van der Waals surface area contributed by atoms with E-state index in [0.717, 1.165) is 20.9 Å². The van der Waals surface area contributed by atoms with Gasteiger partial charge in [-0.3, -0.25) is 0 Å². The molecule has 0 aromatic heterocycles. The van der Waals surface area contributed by atoms with Crippen LogP contribution in [0.15, 0.2) is 69.1 Å². The van der Waals surface area contributed by atoms with Crippen LogP contribution in [-0.4, -0.2) is 12.5 Å². The molecule has 0 bridgehead atoms. The average Bonchev–Trinajstić information content (AvgIpc) is 2.67. The first-order valence-electron chi connectivity index (χ1n) is 6.82. The molecule has 0 saturated carbocycles. The molecular weight excluding hydrogens is 467 g/mol. The molecule has 0 radical (unpaired) electrons. The quantitative estimate of drug-likeness (QED) is 0.313. The molecule has 0 saturated heterocycles. The van der Waals surface area contributed by atoms with Crippen molar-refractivity contribution in [3.05, 3.63) is 70.5 Å². The Hall–Kier alpha value is -0.00649. The molecule has 0 atom stereocenters. The molecule has 0 aliphatic carbocycles. The first-order chi connectivity index (χ1) is 11.5. The molecule has 0 N–H and O–H groups in total. The molecule has 0 unspecified atom stereocenters. The van der Waals surface area contributed by atoms with Crippen LogP contribution in [0.2, 0.25) is 0 Å². The predicted molar refractivity (Wildman–Crippen MR) is 122 cm³/mol. The number of thioether (sulfide) groups is 2. The SMILES string of the molecule is CSc1ccc(/C([S-])=C/[S-])cc1.CSc1ccc(/C([S-])=C/[S-])cc1.[Ni]. The van der Waals surface area contributed by atoms with Crippen LogP contribution in [0.1, 0.15) is 11.1 Å². The average molecular weight is 483 g/mol. The molecule has 0 amide bonds. The summed E-state index contributed by atoms with van der Waals surface area (Å²) in [6, 6.07) is 16.2. The summed E-state index contributed by atoms with van der Waals surface area (Å²) in [6.45, 7) is 0. The Balaban J connectivity index is 0.000000443. The van der Waals surface area contributed by atoms with Crippen LogP contribution >= 0.6 is 23.5 Å². The maximum atomic E-state index is 5.03. The maximum Gasteiger partial charge on any atom is 0.00695 e. The van der Waals surface area contributed by atoms with Gasteiger partial charge in [0.2, 0.25) is 0 Å². The van der Waals surface area contributed by atoms with E-state index in [9.17, 15) is 0 Å². The van der Waals surface area contributed by atoms with Gasteiger partial charge in [-0.15, -0.1) is 23.5 Å². The fraction of sp³-hybridized carbons (Fsp3) is 0.111. The Morgan fingerprint density at radius 2 is 0.960 bits per heavy atom. The Morgan fingerprint density at radius 1 is 0.680 bits per heavy atom. The number of rotatable bonds is 4. The van der Waals surface area contributed by atoms with Crippen molar-refractivity contribution < 1.29 is 16.5 Å². The molecule has 2 rings (SSSR count). The number of benzene rings is 2. The van der Waals surface area contributed by atoms with Crippen LogP contribution in [0.3, 0.4) is 0 Å². The van der Waals surface area contributed by atoms with Crippen LogP contribution in [0.25, 0.3) is 9.81 Å². The molecule has 7 heteroatoms. The molecule has 0 heterocycles. The van der Waals surface area contributed by atoms with E-state index < -0.39 is 0 Å². The number of hydrogen-bond acceptors (Lipinski definition) is 6. The van der Waals surface area contributed by atoms with E-state index in [1.165, 1.54) is 20.6 Å². The van der Waals surface area contributed by atoms with E-state index in [2.05, 4.69) is 0 Å². The molecule has 2 aromatic carbocycles. The van der Waals surface area contributed by atoms with Crippen molar-refractivity contribution in [3.8, 4) is 0 Å². The summed E-state index contributed by atoms with van der Waals surface area (Å²) in [7, 11) is 0. The molecule has 138 valence electrons. The topological polar surface area (TPSA) is 0 Å². The molecule has 0 spiro atoms. The zero-order valence-electron chi connectivity index (χ0n) is 13.5. The fourth-order valence-electron chi connectivity index (χ4n) is 1.65. The zero-order chi connectivity index (χ0) is 17.9. The molecular formula is C18H16NiS6-4. The molecule has 25 heavy (non-hydrogen) atoms. The summed E-state index contributed by atoms with van der Waals surface area (Å²) < 4.78 is 0. The van der Waals surface area contributed by atoms with Crippen molar-refractivity contribution in [3.63, 3.8) is 0 Å². The van der Waals surface area contributed by atoms with Gasteiger partial charge in [-0.05, 0) is 47.9 Å². The van der Waals surface area contributed by atoms with Gasteiger partial charge < -0.3 is 50.5 Å².